The number of likely N-dealkylation sites (N-methyl/N-ethyl adjacent to an activating group) is 1. The lowest BCUT2D eigenvalue weighted by Gasteiger charge is -2.10. The van der Waals surface area contributed by atoms with E-state index in [4.69, 9.17) is 0 Å². The molecule has 2 N–H and O–H groups in total. The summed E-state index contributed by atoms with van der Waals surface area (Å²) in [4.78, 5) is 20.5. The number of aromatic nitrogens is 2. The van der Waals surface area contributed by atoms with Crippen molar-refractivity contribution in [2.75, 3.05) is 13.6 Å². The van der Waals surface area contributed by atoms with Crippen LogP contribution in [0.25, 0.3) is 10.7 Å². The second-order valence-corrected chi connectivity index (χ2v) is 5.39. The molecule has 0 radical (unpaired) electrons. The second-order valence-electron chi connectivity index (χ2n) is 4.53. The summed E-state index contributed by atoms with van der Waals surface area (Å²) in [7, 11) is 1.87. The number of nitrogens with one attached hydrogen (secondary N) is 2. The topological polar surface area (TPSA) is 66.9 Å². The first kappa shape index (κ1) is 20.8. The van der Waals surface area contributed by atoms with Crippen LogP contribution in [0.5, 0.6) is 0 Å². The number of pyridine rings is 1. The number of rotatable bonds is 6. The molecule has 1 amide bonds. The highest BCUT2D eigenvalue weighted by molar-refractivity contribution is 7.13. The van der Waals surface area contributed by atoms with Crippen LogP contribution in [0.1, 0.15) is 12.6 Å². The van der Waals surface area contributed by atoms with Crippen LogP contribution in [-0.4, -0.2) is 35.5 Å². The highest BCUT2D eigenvalue weighted by Crippen LogP contribution is 2.21. The Morgan fingerprint density at radius 3 is 2.77 bits per heavy atom. The van der Waals surface area contributed by atoms with E-state index < -0.39 is 0 Å². The van der Waals surface area contributed by atoms with Crippen LogP contribution < -0.4 is 10.6 Å². The summed E-state index contributed by atoms with van der Waals surface area (Å²) in [6, 6.07) is 5.97. The monoisotopic (exact) mass is 362 g/mol. The van der Waals surface area contributed by atoms with E-state index >= 15 is 0 Å². The molecule has 0 aliphatic carbocycles. The van der Waals surface area contributed by atoms with Crippen LogP contribution in [0.4, 0.5) is 0 Å². The minimum atomic E-state index is -0.00929. The standard InChI is InChI=1S/C14H18N4OS.2ClH/c1-10(15-2)8-17-13(19)7-11-9-20-14(18-11)12-5-3-4-6-16-12;;/h3-6,9-10,15H,7-8H2,1-2H3,(H,17,19);2*1H. The van der Waals surface area contributed by atoms with Gasteiger partial charge in [-0.2, -0.15) is 0 Å². The fourth-order valence-electron chi connectivity index (χ4n) is 1.59. The fraction of sp³-hybridized carbons (Fsp3) is 0.357. The van der Waals surface area contributed by atoms with Crippen LogP contribution in [0.2, 0.25) is 0 Å². The molecule has 5 nitrogen and oxygen atoms in total. The molecule has 1 atom stereocenters. The summed E-state index contributed by atoms with van der Waals surface area (Å²) in [5.74, 6) is -0.00929. The third-order valence-corrected chi connectivity index (χ3v) is 3.79. The van der Waals surface area contributed by atoms with Crippen molar-refractivity contribution in [1.82, 2.24) is 20.6 Å². The third-order valence-electron chi connectivity index (χ3n) is 2.88. The summed E-state index contributed by atoms with van der Waals surface area (Å²) in [6.45, 7) is 2.63. The quantitative estimate of drug-likeness (QED) is 0.827. The Hall–Kier alpha value is -1.21. The molecule has 0 spiro atoms. The van der Waals surface area contributed by atoms with Crippen LogP contribution in [-0.2, 0) is 11.2 Å². The van der Waals surface area contributed by atoms with Gasteiger partial charge in [-0.25, -0.2) is 4.98 Å². The van der Waals surface area contributed by atoms with Gasteiger partial charge in [0.15, 0.2) is 0 Å². The fourth-order valence-corrected chi connectivity index (χ4v) is 2.39. The van der Waals surface area contributed by atoms with Crippen LogP contribution in [0, 0.1) is 0 Å². The molecule has 1 unspecified atom stereocenters. The summed E-state index contributed by atoms with van der Waals surface area (Å²) >= 11 is 1.51. The van der Waals surface area contributed by atoms with Gasteiger partial charge >= 0.3 is 0 Å². The van der Waals surface area contributed by atoms with Gasteiger partial charge in [-0.15, -0.1) is 36.2 Å². The first-order valence-electron chi connectivity index (χ1n) is 6.49. The molecule has 0 fully saturated rings. The Morgan fingerprint density at radius 1 is 1.36 bits per heavy atom. The third kappa shape index (κ3) is 6.27. The Morgan fingerprint density at radius 2 is 2.14 bits per heavy atom. The maximum Gasteiger partial charge on any atom is 0.226 e. The molecule has 2 aromatic heterocycles. The number of hydrogen-bond acceptors (Lipinski definition) is 5. The predicted molar refractivity (Wildman–Crippen MR) is 95.1 cm³/mol. The average molecular weight is 363 g/mol. The minimum absolute atomic E-state index is 0. The first-order valence-corrected chi connectivity index (χ1v) is 7.36. The van der Waals surface area contributed by atoms with Crippen LogP contribution >= 0.6 is 36.2 Å². The molecule has 0 aliphatic rings. The predicted octanol–water partition coefficient (Wildman–Crippen LogP) is 2.32. The van der Waals surface area contributed by atoms with E-state index in [9.17, 15) is 4.79 Å². The van der Waals surface area contributed by atoms with Gasteiger partial charge in [0.25, 0.3) is 0 Å². The Kier molecular flexibility index (Phi) is 9.93. The maximum absolute atomic E-state index is 11.8. The van der Waals surface area contributed by atoms with Crippen molar-refractivity contribution in [2.45, 2.75) is 19.4 Å². The summed E-state index contributed by atoms with van der Waals surface area (Å²) in [5, 5.41) is 8.70. The van der Waals surface area contributed by atoms with Crippen LogP contribution in [0.15, 0.2) is 29.8 Å². The van der Waals surface area contributed by atoms with Gasteiger partial charge in [-0.1, -0.05) is 6.07 Å². The number of amides is 1. The molecule has 0 aliphatic heterocycles. The normalized spacial score (nSPS) is 11.0. The van der Waals surface area contributed by atoms with Crippen molar-refractivity contribution >= 4 is 42.1 Å². The molecule has 2 aromatic rings. The van der Waals surface area contributed by atoms with Gasteiger partial charge in [0, 0.05) is 24.2 Å². The number of carbonyl (C=O) groups excluding carboxylic acids is 1. The maximum atomic E-state index is 11.8. The molecule has 2 rings (SSSR count). The largest absolute Gasteiger partial charge is 0.354 e. The molecular weight excluding hydrogens is 343 g/mol. The zero-order chi connectivity index (χ0) is 14.4. The van der Waals surface area contributed by atoms with E-state index in [1.54, 1.807) is 6.20 Å². The zero-order valence-corrected chi connectivity index (χ0v) is 14.9. The number of halogens is 2. The van der Waals surface area contributed by atoms with Crippen molar-refractivity contribution < 1.29 is 4.79 Å². The molecule has 8 heteroatoms. The lowest BCUT2D eigenvalue weighted by atomic mass is 10.3. The molecule has 22 heavy (non-hydrogen) atoms. The smallest absolute Gasteiger partial charge is 0.226 e. The Bertz CT molecular complexity index is 565. The van der Waals surface area contributed by atoms with Gasteiger partial charge < -0.3 is 10.6 Å². The summed E-state index contributed by atoms with van der Waals surface area (Å²) < 4.78 is 0. The van der Waals surface area contributed by atoms with E-state index in [-0.39, 0.29) is 36.8 Å². The lowest BCUT2D eigenvalue weighted by molar-refractivity contribution is -0.120. The Labute approximate surface area is 146 Å². The van der Waals surface area contributed by atoms with Crippen molar-refractivity contribution in [1.29, 1.82) is 0 Å². The lowest BCUT2D eigenvalue weighted by Crippen LogP contribution is -2.37. The van der Waals surface area contributed by atoms with Gasteiger partial charge in [0.05, 0.1) is 17.8 Å². The summed E-state index contributed by atoms with van der Waals surface area (Å²) in [6.07, 6.45) is 2.04. The number of thiazole rings is 1. The minimum Gasteiger partial charge on any atom is -0.354 e. The second kappa shape index (κ2) is 10.5. The van der Waals surface area contributed by atoms with Gasteiger partial charge in [-0.3, -0.25) is 9.78 Å². The number of hydrogen-bond donors (Lipinski definition) is 2. The Balaban J connectivity index is 0.00000220. The molecular formula is C14H20Cl2N4OS. The molecule has 0 bridgehead atoms. The molecule has 0 aromatic carbocycles. The number of carbonyl (C=O) groups is 1. The van der Waals surface area contributed by atoms with Crippen LogP contribution in [0.3, 0.4) is 0 Å². The van der Waals surface area contributed by atoms with Crippen molar-refractivity contribution in [2.24, 2.45) is 0 Å². The first-order chi connectivity index (χ1) is 9.69. The molecule has 122 valence electrons. The van der Waals surface area contributed by atoms with Gasteiger partial charge in [0.2, 0.25) is 5.91 Å². The SMILES string of the molecule is CNC(C)CNC(=O)Cc1csc(-c2ccccn2)n1.Cl.Cl. The van der Waals surface area contributed by atoms with E-state index in [2.05, 4.69) is 20.6 Å². The van der Waals surface area contributed by atoms with E-state index in [0.717, 1.165) is 16.4 Å². The highest BCUT2D eigenvalue weighted by Gasteiger charge is 2.10. The number of nitrogens with zero attached hydrogens (tertiary/aromatic N) is 2. The average Bonchev–Trinajstić information content (AvgIpc) is 2.94. The van der Waals surface area contributed by atoms with Crippen molar-refractivity contribution in [3.63, 3.8) is 0 Å². The highest BCUT2D eigenvalue weighted by atomic mass is 35.5. The van der Waals surface area contributed by atoms with Crippen molar-refractivity contribution in [3.8, 4) is 10.7 Å². The van der Waals surface area contributed by atoms with Gasteiger partial charge in [0.1, 0.15) is 5.01 Å². The molecule has 2 heterocycles. The van der Waals surface area contributed by atoms with E-state index in [1.165, 1.54) is 11.3 Å². The van der Waals surface area contributed by atoms with Gasteiger partial charge in [-0.05, 0) is 26.1 Å². The van der Waals surface area contributed by atoms with E-state index in [0.29, 0.717) is 13.0 Å². The molecule has 0 saturated carbocycles. The molecule has 0 saturated heterocycles. The van der Waals surface area contributed by atoms with Crippen molar-refractivity contribution in [3.05, 3.63) is 35.5 Å². The van der Waals surface area contributed by atoms with E-state index in [1.807, 2.05) is 37.6 Å². The zero-order valence-electron chi connectivity index (χ0n) is 12.4. The summed E-state index contributed by atoms with van der Waals surface area (Å²) in [5.41, 5.74) is 1.62.